The average Bonchev–Trinajstić information content (AvgIpc) is 2.88. The van der Waals surface area contributed by atoms with E-state index in [1.165, 1.54) is 12.1 Å². The second-order valence-corrected chi connectivity index (χ2v) is 8.28. The van der Waals surface area contributed by atoms with Gasteiger partial charge in [-0.1, -0.05) is 66.7 Å². The summed E-state index contributed by atoms with van der Waals surface area (Å²) in [4.78, 5) is 0. The molecule has 0 atom stereocenters. The molecule has 0 amide bonds. The molecule has 0 unspecified atom stereocenters. The Kier molecular flexibility index (Phi) is 6.13. The highest BCUT2D eigenvalue weighted by Crippen LogP contribution is 2.43. The van der Waals surface area contributed by atoms with Crippen molar-refractivity contribution in [2.24, 2.45) is 0 Å². The predicted octanol–water partition coefficient (Wildman–Crippen LogP) is 7.46. The van der Waals surface area contributed by atoms with Gasteiger partial charge in [-0.3, -0.25) is 0 Å². The fraction of sp³-hybridized carbons (Fsp3) is 0.133. The molecule has 0 heterocycles. The topological polar surface area (TPSA) is 18.5 Å². The van der Waals surface area contributed by atoms with Gasteiger partial charge in [-0.15, -0.1) is 0 Å². The number of ether oxygens (including phenoxy) is 2. The minimum absolute atomic E-state index is 0.0305. The maximum atomic E-state index is 15.6. The molecule has 0 aliphatic heterocycles. The molecule has 0 N–H and O–H groups in total. The molecule has 170 valence electrons. The third-order valence-corrected chi connectivity index (χ3v) is 6.16. The van der Waals surface area contributed by atoms with Crippen molar-refractivity contribution in [1.29, 1.82) is 0 Å². The van der Waals surface area contributed by atoms with Gasteiger partial charge in [0.1, 0.15) is 29.7 Å². The number of halogens is 2. The molecule has 1 aliphatic rings. The zero-order valence-corrected chi connectivity index (χ0v) is 18.9. The third-order valence-electron chi connectivity index (χ3n) is 6.16. The first-order valence-electron chi connectivity index (χ1n) is 11.3. The number of methoxy groups -OCH3 is 1. The fourth-order valence-corrected chi connectivity index (χ4v) is 4.52. The summed E-state index contributed by atoms with van der Waals surface area (Å²) in [5, 5.41) is 0. The number of benzene rings is 4. The number of hydrogen-bond donors (Lipinski definition) is 0. The van der Waals surface area contributed by atoms with Crippen LogP contribution in [0.1, 0.15) is 34.2 Å². The van der Waals surface area contributed by atoms with Crippen LogP contribution in [-0.4, -0.2) is 7.11 Å². The number of rotatable bonds is 6. The van der Waals surface area contributed by atoms with E-state index >= 15 is 8.78 Å². The molecular formula is C30H24F2O2. The summed E-state index contributed by atoms with van der Waals surface area (Å²) < 4.78 is 42.2. The van der Waals surface area contributed by atoms with E-state index in [4.69, 9.17) is 9.47 Å². The summed E-state index contributed by atoms with van der Waals surface area (Å²) in [6, 6.07) is 27.5. The first kappa shape index (κ1) is 21.9. The average molecular weight is 455 g/mol. The van der Waals surface area contributed by atoms with Gasteiger partial charge in [0, 0.05) is 12.1 Å². The summed E-state index contributed by atoms with van der Waals surface area (Å²) in [6.07, 6.45) is 1.44. The second kappa shape index (κ2) is 9.52. The summed E-state index contributed by atoms with van der Waals surface area (Å²) in [6.45, 7) is 0.236. The van der Waals surface area contributed by atoms with Crippen LogP contribution in [0.25, 0.3) is 11.1 Å². The monoisotopic (exact) mass is 454 g/mol. The molecule has 34 heavy (non-hydrogen) atoms. The predicted molar refractivity (Wildman–Crippen MR) is 131 cm³/mol. The van der Waals surface area contributed by atoms with Crippen molar-refractivity contribution in [3.8, 4) is 11.5 Å². The molecule has 2 nitrogen and oxygen atoms in total. The van der Waals surface area contributed by atoms with Crippen molar-refractivity contribution in [2.45, 2.75) is 19.4 Å². The molecule has 0 aromatic heterocycles. The van der Waals surface area contributed by atoms with Gasteiger partial charge in [0.15, 0.2) is 0 Å². The van der Waals surface area contributed by atoms with Crippen LogP contribution < -0.4 is 9.47 Å². The Morgan fingerprint density at radius 2 is 1.41 bits per heavy atom. The summed E-state index contributed by atoms with van der Waals surface area (Å²) in [5.74, 6) is -0.396. The van der Waals surface area contributed by atoms with Crippen LogP contribution in [0.5, 0.6) is 11.5 Å². The molecule has 4 aromatic rings. The molecule has 0 radical (unpaired) electrons. The van der Waals surface area contributed by atoms with Crippen molar-refractivity contribution in [3.05, 3.63) is 130 Å². The van der Waals surface area contributed by atoms with Gasteiger partial charge in [0.2, 0.25) is 0 Å². The normalized spacial score (nSPS) is 12.9. The van der Waals surface area contributed by atoms with E-state index in [2.05, 4.69) is 0 Å². The molecule has 5 rings (SSSR count). The highest BCUT2D eigenvalue weighted by atomic mass is 19.1. The molecule has 4 aromatic carbocycles. The van der Waals surface area contributed by atoms with Crippen LogP contribution in [0.4, 0.5) is 8.78 Å². The Bertz CT molecular complexity index is 1320. The molecule has 0 saturated carbocycles. The SMILES string of the molecule is COc1ccc2c(c1)CCC(c1ccccc1)=C2c1c(F)cc(OCc2ccccc2)cc1F. The largest absolute Gasteiger partial charge is 0.497 e. The van der Waals surface area contributed by atoms with E-state index in [-0.39, 0.29) is 17.9 Å². The van der Waals surface area contributed by atoms with Gasteiger partial charge in [0.05, 0.1) is 12.7 Å². The number of hydrogen-bond acceptors (Lipinski definition) is 2. The smallest absolute Gasteiger partial charge is 0.137 e. The summed E-state index contributed by atoms with van der Waals surface area (Å²) in [5.41, 5.74) is 5.20. The van der Waals surface area contributed by atoms with E-state index in [0.717, 1.165) is 40.0 Å². The van der Waals surface area contributed by atoms with Gasteiger partial charge in [0.25, 0.3) is 0 Å². The molecule has 4 heteroatoms. The molecule has 0 fully saturated rings. The third kappa shape index (κ3) is 4.32. The van der Waals surface area contributed by atoms with Gasteiger partial charge >= 0.3 is 0 Å². The van der Waals surface area contributed by atoms with E-state index in [1.807, 2.05) is 78.9 Å². The molecular weight excluding hydrogens is 430 g/mol. The quantitative estimate of drug-likeness (QED) is 0.301. The summed E-state index contributed by atoms with van der Waals surface area (Å²) in [7, 11) is 1.62. The minimum atomic E-state index is -0.643. The van der Waals surface area contributed by atoms with Gasteiger partial charge in [-0.05, 0) is 58.4 Å². The van der Waals surface area contributed by atoms with Crippen LogP contribution in [0.2, 0.25) is 0 Å². The number of allylic oxidation sites excluding steroid dienone is 1. The van der Waals surface area contributed by atoms with Crippen molar-refractivity contribution in [1.82, 2.24) is 0 Å². The highest BCUT2D eigenvalue weighted by Gasteiger charge is 2.27. The van der Waals surface area contributed by atoms with E-state index in [9.17, 15) is 0 Å². The number of fused-ring (bicyclic) bond motifs is 1. The van der Waals surface area contributed by atoms with Gasteiger partial charge in [-0.25, -0.2) is 8.78 Å². The first-order valence-corrected chi connectivity index (χ1v) is 11.3. The lowest BCUT2D eigenvalue weighted by Crippen LogP contribution is -2.09. The second-order valence-electron chi connectivity index (χ2n) is 8.28. The van der Waals surface area contributed by atoms with Crippen molar-refractivity contribution in [3.63, 3.8) is 0 Å². The maximum absolute atomic E-state index is 15.6. The Morgan fingerprint density at radius 1 is 0.735 bits per heavy atom. The highest BCUT2D eigenvalue weighted by molar-refractivity contribution is 6.01. The fourth-order valence-electron chi connectivity index (χ4n) is 4.52. The van der Waals surface area contributed by atoms with Crippen LogP contribution in [0, 0.1) is 11.6 Å². The van der Waals surface area contributed by atoms with Crippen molar-refractivity contribution < 1.29 is 18.3 Å². The Hall–Kier alpha value is -3.92. The van der Waals surface area contributed by atoms with Crippen LogP contribution in [0.15, 0.2) is 91.0 Å². The van der Waals surface area contributed by atoms with Crippen molar-refractivity contribution in [2.75, 3.05) is 7.11 Å². The maximum Gasteiger partial charge on any atom is 0.137 e. The minimum Gasteiger partial charge on any atom is -0.497 e. The lowest BCUT2D eigenvalue weighted by molar-refractivity contribution is 0.302. The lowest BCUT2D eigenvalue weighted by atomic mass is 9.79. The summed E-state index contributed by atoms with van der Waals surface area (Å²) >= 11 is 0. The van der Waals surface area contributed by atoms with Crippen LogP contribution in [0.3, 0.4) is 0 Å². The van der Waals surface area contributed by atoms with Gasteiger partial charge in [-0.2, -0.15) is 0 Å². The van der Waals surface area contributed by atoms with E-state index < -0.39 is 11.6 Å². The number of aryl methyl sites for hydroxylation is 1. The van der Waals surface area contributed by atoms with Gasteiger partial charge < -0.3 is 9.47 Å². The molecule has 0 saturated heterocycles. The zero-order chi connectivity index (χ0) is 23.5. The first-order chi connectivity index (χ1) is 16.6. The van der Waals surface area contributed by atoms with E-state index in [1.54, 1.807) is 7.11 Å². The zero-order valence-electron chi connectivity index (χ0n) is 18.9. The Labute approximate surface area is 198 Å². The molecule has 0 bridgehead atoms. The van der Waals surface area contributed by atoms with Crippen LogP contribution >= 0.6 is 0 Å². The Morgan fingerprint density at radius 3 is 2.09 bits per heavy atom. The standard InChI is InChI=1S/C30H24F2O2/c1-33-23-13-15-26-22(16-23)12-14-25(21-10-6-3-7-11-21)29(26)30-27(31)17-24(18-28(30)32)34-19-20-8-4-2-5-9-20/h2-11,13,15-18H,12,14,19H2,1H3. The molecule has 1 aliphatic carbocycles. The van der Waals surface area contributed by atoms with E-state index in [0.29, 0.717) is 12.0 Å². The Balaban J connectivity index is 1.61. The van der Waals surface area contributed by atoms with Crippen LogP contribution in [-0.2, 0) is 13.0 Å². The lowest BCUT2D eigenvalue weighted by Gasteiger charge is -2.25. The van der Waals surface area contributed by atoms with Crippen molar-refractivity contribution >= 4 is 11.1 Å². The molecule has 0 spiro atoms.